The Kier molecular flexibility index (Phi) is 4.73. The van der Waals surface area contributed by atoms with Gasteiger partial charge in [-0.15, -0.1) is 0 Å². The molecule has 2 N–H and O–H groups in total. The standard InChI is InChI=1S/C21H28N4/c1-15(20-12-21(20)24-19-7-9-22-10-8-19)11-16-3-5-17(6-4-16)18-13-23-25(2)14-18/h3-6,11,13-14,19-22,24H,7-10,12H2,1-2H3/t20-,21+/m0/s1. The molecule has 2 fully saturated rings. The van der Waals surface area contributed by atoms with Crippen LogP contribution >= 0.6 is 0 Å². The fraction of sp³-hybridized carbons (Fsp3) is 0.476. The van der Waals surface area contributed by atoms with Crippen molar-refractivity contribution >= 4 is 6.08 Å². The van der Waals surface area contributed by atoms with Gasteiger partial charge in [-0.3, -0.25) is 4.68 Å². The molecule has 4 nitrogen and oxygen atoms in total. The predicted molar refractivity (Wildman–Crippen MR) is 103 cm³/mol. The molecule has 1 saturated heterocycles. The molecule has 25 heavy (non-hydrogen) atoms. The monoisotopic (exact) mass is 336 g/mol. The van der Waals surface area contributed by atoms with Crippen LogP contribution in [0, 0.1) is 5.92 Å². The summed E-state index contributed by atoms with van der Waals surface area (Å²) in [5.41, 5.74) is 5.18. The molecular formula is C21H28N4. The molecule has 2 atom stereocenters. The summed E-state index contributed by atoms with van der Waals surface area (Å²) in [6, 6.07) is 10.2. The molecule has 0 unspecified atom stereocenters. The fourth-order valence-electron chi connectivity index (χ4n) is 3.89. The molecule has 0 amide bonds. The maximum atomic E-state index is 4.25. The Balaban J connectivity index is 1.36. The fourth-order valence-corrected chi connectivity index (χ4v) is 3.89. The van der Waals surface area contributed by atoms with E-state index in [1.54, 1.807) is 0 Å². The maximum Gasteiger partial charge on any atom is 0.0568 e. The SMILES string of the molecule is CC(=Cc1ccc(-c2cnn(C)c2)cc1)[C@@H]1C[C@H]1NC1CCNCC1. The highest BCUT2D eigenvalue weighted by atomic mass is 15.2. The Hall–Kier alpha value is -1.91. The molecule has 1 saturated carbocycles. The van der Waals surface area contributed by atoms with E-state index in [1.807, 2.05) is 17.9 Å². The highest BCUT2D eigenvalue weighted by molar-refractivity contribution is 5.65. The van der Waals surface area contributed by atoms with Gasteiger partial charge in [0, 0.05) is 30.9 Å². The van der Waals surface area contributed by atoms with Gasteiger partial charge in [0.1, 0.15) is 0 Å². The number of nitrogens with zero attached hydrogens (tertiary/aromatic N) is 2. The summed E-state index contributed by atoms with van der Waals surface area (Å²) in [4.78, 5) is 0. The largest absolute Gasteiger partial charge is 0.317 e. The first kappa shape index (κ1) is 16.6. The zero-order chi connectivity index (χ0) is 17.2. The second-order valence-corrected chi connectivity index (χ2v) is 7.55. The molecule has 1 aliphatic heterocycles. The number of aryl methyl sites for hydroxylation is 1. The Labute approximate surface area is 150 Å². The summed E-state index contributed by atoms with van der Waals surface area (Å²) in [5, 5.41) is 11.5. The number of nitrogens with one attached hydrogen (secondary N) is 2. The van der Waals surface area contributed by atoms with Crippen LogP contribution in [0.3, 0.4) is 0 Å². The van der Waals surface area contributed by atoms with Crippen molar-refractivity contribution in [2.24, 2.45) is 13.0 Å². The maximum absolute atomic E-state index is 4.25. The van der Waals surface area contributed by atoms with Gasteiger partial charge >= 0.3 is 0 Å². The number of rotatable bonds is 5. The van der Waals surface area contributed by atoms with Gasteiger partial charge in [0.05, 0.1) is 6.20 Å². The normalized spacial score (nSPS) is 24.5. The first-order valence-corrected chi connectivity index (χ1v) is 9.43. The van der Waals surface area contributed by atoms with Gasteiger partial charge in [0.15, 0.2) is 0 Å². The van der Waals surface area contributed by atoms with E-state index in [1.165, 1.54) is 41.5 Å². The second-order valence-electron chi connectivity index (χ2n) is 7.55. The average molecular weight is 336 g/mol. The third-order valence-electron chi connectivity index (χ3n) is 5.51. The van der Waals surface area contributed by atoms with Crippen LogP contribution in [0.15, 0.2) is 42.2 Å². The number of aromatic nitrogens is 2. The topological polar surface area (TPSA) is 41.9 Å². The summed E-state index contributed by atoms with van der Waals surface area (Å²) < 4.78 is 1.84. The summed E-state index contributed by atoms with van der Waals surface area (Å²) >= 11 is 0. The molecule has 2 aliphatic rings. The van der Waals surface area contributed by atoms with E-state index in [9.17, 15) is 0 Å². The van der Waals surface area contributed by atoms with Crippen LogP contribution in [-0.2, 0) is 7.05 Å². The van der Waals surface area contributed by atoms with Crippen molar-refractivity contribution in [2.75, 3.05) is 13.1 Å². The lowest BCUT2D eigenvalue weighted by Gasteiger charge is -2.24. The predicted octanol–water partition coefficient (Wildman–Crippen LogP) is 3.22. The van der Waals surface area contributed by atoms with Gasteiger partial charge in [-0.2, -0.15) is 5.10 Å². The van der Waals surface area contributed by atoms with Gasteiger partial charge in [-0.05, 0) is 56.3 Å². The van der Waals surface area contributed by atoms with Gasteiger partial charge in [0.2, 0.25) is 0 Å². The summed E-state index contributed by atoms with van der Waals surface area (Å²) in [6.45, 7) is 4.60. The zero-order valence-electron chi connectivity index (χ0n) is 15.2. The van der Waals surface area contributed by atoms with E-state index < -0.39 is 0 Å². The third-order valence-corrected chi connectivity index (χ3v) is 5.51. The van der Waals surface area contributed by atoms with E-state index in [-0.39, 0.29) is 0 Å². The Morgan fingerprint density at radius 3 is 2.64 bits per heavy atom. The van der Waals surface area contributed by atoms with E-state index in [0.717, 1.165) is 13.1 Å². The number of hydrogen-bond acceptors (Lipinski definition) is 3. The highest BCUT2D eigenvalue weighted by Gasteiger charge is 2.39. The van der Waals surface area contributed by atoms with Crippen molar-refractivity contribution in [1.82, 2.24) is 20.4 Å². The van der Waals surface area contributed by atoms with Crippen LogP contribution in [0.5, 0.6) is 0 Å². The van der Waals surface area contributed by atoms with Crippen LogP contribution in [0.2, 0.25) is 0 Å². The van der Waals surface area contributed by atoms with Crippen molar-refractivity contribution in [3.63, 3.8) is 0 Å². The molecule has 4 rings (SSSR count). The molecular weight excluding hydrogens is 308 g/mol. The average Bonchev–Trinajstić information content (AvgIpc) is 3.26. The highest BCUT2D eigenvalue weighted by Crippen LogP contribution is 2.38. The lowest BCUT2D eigenvalue weighted by atomic mass is 10.0. The molecule has 1 aromatic heterocycles. The second kappa shape index (κ2) is 7.14. The Morgan fingerprint density at radius 1 is 1.20 bits per heavy atom. The van der Waals surface area contributed by atoms with Crippen LogP contribution in [0.4, 0.5) is 0 Å². The molecule has 0 spiro atoms. The van der Waals surface area contributed by atoms with Gasteiger partial charge in [0.25, 0.3) is 0 Å². The smallest absolute Gasteiger partial charge is 0.0568 e. The molecule has 1 aromatic carbocycles. The van der Waals surface area contributed by atoms with E-state index >= 15 is 0 Å². The van der Waals surface area contributed by atoms with E-state index in [0.29, 0.717) is 18.0 Å². The lowest BCUT2D eigenvalue weighted by Crippen LogP contribution is -2.41. The number of piperidine rings is 1. The van der Waals surface area contributed by atoms with Crippen LogP contribution in [0.25, 0.3) is 17.2 Å². The van der Waals surface area contributed by atoms with Crippen LogP contribution < -0.4 is 10.6 Å². The molecule has 0 radical (unpaired) electrons. The van der Waals surface area contributed by atoms with Gasteiger partial charge in [-0.1, -0.05) is 35.9 Å². The van der Waals surface area contributed by atoms with Crippen molar-refractivity contribution in [1.29, 1.82) is 0 Å². The van der Waals surface area contributed by atoms with Crippen LogP contribution in [-0.4, -0.2) is 35.0 Å². The third kappa shape index (κ3) is 4.02. The molecule has 0 bridgehead atoms. The summed E-state index contributed by atoms with van der Waals surface area (Å²) in [7, 11) is 1.95. The molecule has 2 aromatic rings. The first-order valence-electron chi connectivity index (χ1n) is 9.43. The Bertz CT molecular complexity index is 738. The lowest BCUT2D eigenvalue weighted by molar-refractivity contribution is 0.381. The zero-order valence-corrected chi connectivity index (χ0v) is 15.2. The van der Waals surface area contributed by atoms with Gasteiger partial charge in [-0.25, -0.2) is 0 Å². The van der Waals surface area contributed by atoms with E-state index in [4.69, 9.17) is 0 Å². The van der Waals surface area contributed by atoms with Crippen molar-refractivity contribution in [2.45, 2.75) is 38.3 Å². The van der Waals surface area contributed by atoms with Crippen molar-refractivity contribution in [3.05, 3.63) is 47.8 Å². The quantitative estimate of drug-likeness (QED) is 0.881. The Morgan fingerprint density at radius 2 is 1.96 bits per heavy atom. The minimum atomic E-state index is 0.689. The number of benzene rings is 1. The molecule has 2 heterocycles. The van der Waals surface area contributed by atoms with Crippen molar-refractivity contribution in [3.8, 4) is 11.1 Å². The van der Waals surface area contributed by atoms with Crippen LogP contribution in [0.1, 0.15) is 31.7 Å². The number of hydrogen-bond donors (Lipinski definition) is 2. The molecule has 132 valence electrons. The molecule has 1 aliphatic carbocycles. The minimum absolute atomic E-state index is 0.689. The van der Waals surface area contributed by atoms with Gasteiger partial charge < -0.3 is 10.6 Å². The summed E-state index contributed by atoms with van der Waals surface area (Å²) in [5.74, 6) is 0.716. The minimum Gasteiger partial charge on any atom is -0.317 e. The van der Waals surface area contributed by atoms with E-state index in [2.05, 4.69) is 59.2 Å². The van der Waals surface area contributed by atoms with Crippen molar-refractivity contribution < 1.29 is 0 Å². The molecule has 4 heteroatoms. The summed E-state index contributed by atoms with van der Waals surface area (Å²) in [6.07, 6.45) is 10.1. The first-order chi connectivity index (χ1) is 12.2.